The summed E-state index contributed by atoms with van der Waals surface area (Å²) in [6.07, 6.45) is 3.04. The lowest BCUT2D eigenvalue weighted by atomic mass is 9.97. The van der Waals surface area contributed by atoms with E-state index in [1.807, 2.05) is 6.92 Å². The van der Waals surface area contributed by atoms with E-state index in [1.165, 1.54) is 0 Å². The van der Waals surface area contributed by atoms with Crippen LogP contribution in [0.15, 0.2) is 6.07 Å². The Morgan fingerprint density at radius 3 is 2.43 bits per heavy atom. The lowest BCUT2D eigenvalue weighted by molar-refractivity contribution is 0.226. The van der Waals surface area contributed by atoms with Gasteiger partial charge in [0.15, 0.2) is 23.3 Å². The number of hydrogen-bond donors (Lipinski definition) is 2. The van der Waals surface area contributed by atoms with Gasteiger partial charge in [-0.15, -0.1) is 0 Å². The van der Waals surface area contributed by atoms with Crippen molar-refractivity contribution in [2.24, 2.45) is 5.92 Å². The molecule has 6 heteroatoms. The molecule has 0 amide bonds. The minimum absolute atomic E-state index is 0.115. The van der Waals surface area contributed by atoms with Gasteiger partial charge in [0, 0.05) is 19.2 Å². The highest BCUT2D eigenvalue weighted by Crippen LogP contribution is 2.21. The summed E-state index contributed by atoms with van der Waals surface area (Å²) in [7, 11) is 2.11. The maximum absolute atomic E-state index is 13.8. The number of aromatic nitrogens is 1. The number of halogens is 2. The van der Waals surface area contributed by atoms with Crippen molar-refractivity contribution in [3.63, 3.8) is 0 Å². The van der Waals surface area contributed by atoms with Crippen LogP contribution in [-0.4, -0.2) is 43.1 Å². The topological polar surface area (TPSA) is 40.2 Å². The molecule has 1 aliphatic heterocycles. The average molecular weight is 298 g/mol. The number of nitrogens with one attached hydrogen (secondary N) is 2. The Hall–Kier alpha value is -1.43. The molecule has 2 rings (SSSR count). The molecule has 1 aromatic heterocycles. The second-order valence-electron chi connectivity index (χ2n) is 5.70. The molecule has 1 aromatic rings. The van der Waals surface area contributed by atoms with Crippen molar-refractivity contribution in [1.82, 2.24) is 9.88 Å². The number of rotatable bonds is 6. The number of anilines is 2. The smallest absolute Gasteiger partial charge is 0.168 e. The molecular weight excluding hydrogens is 274 g/mol. The lowest BCUT2D eigenvalue weighted by Crippen LogP contribution is -2.33. The van der Waals surface area contributed by atoms with Gasteiger partial charge in [-0.05, 0) is 45.3 Å². The Labute approximate surface area is 124 Å². The standard InChI is InChI=1S/C15H24F2N4/c1-3-6-18-14-12(16)9-13(17)15(20-14)19-10-11-4-7-21(2)8-5-11/h9,11H,3-8,10H2,1-2H3,(H2,18,19,20). The molecule has 0 bridgehead atoms. The fraction of sp³-hybridized carbons (Fsp3) is 0.667. The molecule has 0 saturated carbocycles. The highest BCUT2D eigenvalue weighted by molar-refractivity contribution is 5.47. The van der Waals surface area contributed by atoms with Crippen molar-refractivity contribution in [2.75, 3.05) is 43.9 Å². The Balaban J connectivity index is 1.95. The predicted octanol–water partition coefficient (Wildman–Crippen LogP) is 2.94. The highest BCUT2D eigenvalue weighted by atomic mass is 19.1. The maximum atomic E-state index is 13.8. The van der Waals surface area contributed by atoms with E-state index in [0.29, 0.717) is 19.0 Å². The molecule has 1 aliphatic rings. The van der Waals surface area contributed by atoms with Crippen LogP contribution in [0.25, 0.3) is 0 Å². The molecule has 1 fully saturated rings. The number of pyridine rings is 1. The summed E-state index contributed by atoms with van der Waals surface area (Å²) in [5.41, 5.74) is 0. The van der Waals surface area contributed by atoms with Gasteiger partial charge in [-0.3, -0.25) is 0 Å². The summed E-state index contributed by atoms with van der Waals surface area (Å²) in [6.45, 7) is 5.40. The SMILES string of the molecule is CCCNc1nc(NCC2CCN(C)CC2)c(F)cc1F. The van der Waals surface area contributed by atoms with Crippen LogP contribution in [0, 0.1) is 17.6 Å². The minimum atomic E-state index is -0.647. The Morgan fingerprint density at radius 1 is 1.19 bits per heavy atom. The first-order valence-corrected chi connectivity index (χ1v) is 7.62. The molecule has 2 heterocycles. The van der Waals surface area contributed by atoms with Crippen molar-refractivity contribution in [1.29, 1.82) is 0 Å². The van der Waals surface area contributed by atoms with Crippen molar-refractivity contribution in [2.45, 2.75) is 26.2 Å². The fourth-order valence-corrected chi connectivity index (χ4v) is 2.47. The van der Waals surface area contributed by atoms with Gasteiger partial charge in [0.1, 0.15) is 0 Å². The fourth-order valence-electron chi connectivity index (χ4n) is 2.47. The van der Waals surface area contributed by atoms with Crippen LogP contribution in [-0.2, 0) is 0 Å². The summed E-state index contributed by atoms with van der Waals surface area (Å²) in [4.78, 5) is 6.32. The molecular formula is C15H24F2N4. The summed E-state index contributed by atoms with van der Waals surface area (Å²) in [5, 5.41) is 5.90. The first kappa shape index (κ1) is 15.9. The molecule has 0 spiro atoms. The Morgan fingerprint density at radius 2 is 1.81 bits per heavy atom. The quantitative estimate of drug-likeness (QED) is 0.847. The van der Waals surface area contributed by atoms with E-state index in [1.54, 1.807) is 0 Å². The third-order valence-electron chi connectivity index (χ3n) is 3.87. The summed E-state index contributed by atoms with van der Waals surface area (Å²) in [5.74, 6) is -0.522. The molecule has 0 radical (unpaired) electrons. The molecule has 2 N–H and O–H groups in total. The Bertz CT molecular complexity index is 459. The van der Waals surface area contributed by atoms with Gasteiger partial charge < -0.3 is 15.5 Å². The average Bonchev–Trinajstić information content (AvgIpc) is 2.47. The van der Waals surface area contributed by atoms with Crippen LogP contribution in [0.1, 0.15) is 26.2 Å². The van der Waals surface area contributed by atoms with E-state index in [2.05, 4.69) is 27.6 Å². The molecule has 0 aliphatic carbocycles. The molecule has 21 heavy (non-hydrogen) atoms. The second-order valence-corrected chi connectivity index (χ2v) is 5.70. The molecule has 0 atom stereocenters. The highest BCUT2D eigenvalue weighted by Gasteiger charge is 2.18. The second kappa shape index (κ2) is 7.54. The van der Waals surface area contributed by atoms with Crippen LogP contribution in [0.2, 0.25) is 0 Å². The zero-order valence-corrected chi connectivity index (χ0v) is 12.8. The van der Waals surface area contributed by atoms with E-state index in [0.717, 1.165) is 38.4 Å². The monoisotopic (exact) mass is 298 g/mol. The van der Waals surface area contributed by atoms with Crippen molar-refractivity contribution in [3.05, 3.63) is 17.7 Å². The van der Waals surface area contributed by atoms with Gasteiger partial charge in [-0.25, -0.2) is 13.8 Å². The van der Waals surface area contributed by atoms with Crippen molar-refractivity contribution < 1.29 is 8.78 Å². The first-order chi connectivity index (χ1) is 10.1. The van der Waals surface area contributed by atoms with Gasteiger partial charge in [-0.1, -0.05) is 6.92 Å². The van der Waals surface area contributed by atoms with Crippen molar-refractivity contribution >= 4 is 11.6 Å². The molecule has 0 unspecified atom stereocenters. The first-order valence-electron chi connectivity index (χ1n) is 7.62. The van der Waals surface area contributed by atoms with Crippen LogP contribution in [0.3, 0.4) is 0 Å². The minimum Gasteiger partial charge on any atom is -0.368 e. The number of likely N-dealkylation sites (tertiary alicyclic amines) is 1. The van der Waals surface area contributed by atoms with Crippen molar-refractivity contribution in [3.8, 4) is 0 Å². The zero-order valence-electron chi connectivity index (χ0n) is 12.8. The third-order valence-corrected chi connectivity index (χ3v) is 3.87. The van der Waals surface area contributed by atoms with Crippen LogP contribution < -0.4 is 10.6 Å². The van der Waals surface area contributed by atoms with Crippen LogP contribution in [0.5, 0.6) is 0 Å². The Kier molecular flexibility index (Phi) is 5.73. The van der Waals surface area contributed by atoms with Gasteiger partial charge in [0.2, 0.25) is 0 Å². The number of piperidine rings is 1. The molecule has 4 nitrogen and oxygen atoms in total. The zero-order chi connectivity index (χ0) is 15.2. The van der Waals surface area contributed by atoms with E-state index in [-0.39, 0.29) is 11.6 Å². The maximum Gasteiger partial charge on any atom is 0.168 e. The lowest BCUT2D eigenvalue weighted by Gasteiger charge is -2.29. The summed E-state index contributed by atoms with van der Waals surface area (Å²) in [6, 6.07) is 0.891. The van der Waals surface area contributed by atoms with Crippen LogP contribution >= 0.6 is 0 Å². The number of nitrogens with zero attached hydrogens (tertiary/aromatic N) is 2. The molecule has 1 saturated heterocycles. The van der Waals surface area contributed by atoms with Gasteiger partial charge in [-0.2, -0.15) is 0 Å². The summed E-state index contributed by atoms with van der Waals surface area (Å²) < 4.78 is 27.4. The molecule has 118 valence electrons. The van der Waals surface area contributed by atoms with Gasteiger partial charge in [0.25, 0.3) is 0 Å². The predicted molar refractivity (Wildman–Crippen MR) is 81.6 cm³/mol. The van der Waals surface area contributed by atoms with E-state index in [4.69, 9.17) is 0 Å². The largest absolute Gasteiger partial charge is 0.368 e. The third kappa shape index (κ3) is 4.52. The van der Waals surface area contributed by atoms with Gasteiger partial charge in [0.05, 0.1) is 0 Å². The van der Waals surface area contributed by atoms with E-state index < -0.39 is 11.6 Å². The normalized spacial score (nSPS) is 17.0. The molecule has 0 aromatic carbocycles. The summed E-state index contributed by atoms with van der Waals surface area (Å²) >= 11 is 0. The van der Waals surface area contributed by atoms with E-state index >= 15 is 0 Å². The number of hydrogen-bond acceptors (Lipinski definition) is 4. The van der Waals surface area contributed by atoms with Crippen LogP contribution in [0.4, 0.5) is 20.4 Å². The van der Waals surface area contributed by atoms with E-state index in [9.17, 15) is 8.78 Å². The van der Waals surface area contributed by atoms with Gasteiger partial charge >= 0.3 is 0 Å².